The van der Waals surface area contributed by atoms with E-state index in [1.54, 1.807) is 33.8 Å². The Bertz CT molecular complexity index is 343. The summed E-state index contributed by atoms with van der Waals surface area (Å²) in [5.41, 5.74) is -0.550. The maximum Gasteiger partial charge on any atom is 0.408 e. The van der Waals surface area contributed by atoms with Crippen molar-refractivity contribution in [2.24, 2.45) is 5.92 Å². The van der Waals surface area contributed by atoms with E-state index in [-0.39, 0.29) is 17.9 Å². The monoisotopic (exact) mass is 255 g/mol. The van der Waals surface area contributed by atoms with E-state index in [9.17, 15) is 9.59 Å². The minimum absolute atomic E-state index is 0.288. The van der Waals surface area contributed by atoms with Gasteiger partial charge in [-0.25, -0.2) is 4.79 Å². The van der Waals surface area contributed by atoms with Crippen LogP contribution in [0, 0.1) is 5.92 Å². The molecule has 1 rings (SSSR count). The maximum atomic E-state index is 11.7. The molecule has 0 saturated heterocycles. The zero-order valence-corrected chi connectivity index (χ0v) is 11.4. The predicted molar refractivity (Wildman–Crippen MR) is 67.0 cm³/mol. The second-order valence-corrected chi connectivity index (χ2v) is 5.19. The second kappa shape index (κ2) is 5.89. The van der Waals surface area contributed by atoms with Crippen LogP contribution in [0.1, 0.15) is 34.1 Å². The van der Waals surface area contributed by atoms with Gasteiger partial charge in [-0.2, -0.15) is 0 Å². The van der Waals surface area contributed by atoms with E-state index in [4.69, 9.17) is 9.47 Å². The number of rotatable bonds is 3. The Balaban J connectivity index is 2.52. The molecule has 5 heteroatoms. The molecule has 0 radical (unpaired) electrons. The van der Waals surface area contributed by atoms with E-state index in [0.717, 1.165) is 0 Å². The topological polar surface area (TPSA) is 64.6 Å². The van der Waals surface area contributed by atoms with Crippen molar-refractivity contribution in [3.63, 3.8) is 0 Å². The molecule has 1 aliphatic rings. The zero-order chi connectivity index (χ0) is 13.8. The maximum absolute atomic E-state index is 11.7. The summed E-state index contributed by atoms with van der Waals surface area (Å²) < 4.78 is 10.1. The normalized spacial score (nSPS) is 22.7. The Morgan fingerprint density at radius 2 is 2.06 bits per heavy atom. The molecule has 0 bridgehead atoms. The van der Waals surface area contributed by atoms with Crippen LogP contribution in [0.3, 0.4) is 0 Å². The van der Waals surface area contributed by atoms with E-state index in [0.29, 0.717) is 13.0 Å². The van der Waals surface area contributed by atoms with Crippen LogP contribution in [0.2, 0.25) is 0 Å². The van der Waals surface area contributed by atoms with Gasteiger partial charge in [0.1, 0.15) is 5.60 Å². The predicted octanol–water partition coefficient (Wildman–Crippen LogP) is 2.02. The third kappa shape index (κ3) is 4.39. The summed E-state index contributed by atoms with van der Waals surface area (Å²) in [5.74, 6) is -0.638. The Kier molecular flexibility index (Phi) is 4.76. The molecule has 18 heavy (non-hydrogen) atoms. The van der Waals surface area contributed by atoms with Gasteiger partial charge >= 0.3 is 12.1 Å². The Morgan fingerprint density at radius 3 is 2.61 bits per heavy atom. The number of nitrogens with one attached hydrogen (secondary N) is 1. The second-order valence-electron chi connectivity index (χ2n) is 5.19. The number of hydrogen-bond acceptors (Lipinski definition) is 4. The number of esters is 1. The third-order valence-corrected chi connectivity index (χ3v) is 2.44. The van der Waals surface area contributed by atoms with Crippen LogP contribution >= 0.6 is 0 Å². The molecule has 102 valence electrons. The van der Waals surface area contributed by atoms with Crippen molar-refractivity contribution in [2.75, 3.05) is 6.61 Å². The van der Waals surface area contributed by atoms with Gasteiger partial charge in [0.15, 0.2) is 0 Å². The van der Waals surface area contributed by atoms with Gasteiger partial charge in [0.25, 0.3) is 0 Å². The van der Waals surface area contributed by atoms with Gasteiger partial charge in [-0.15, -0.1) is 0 Å². The number of allylic oxidation sites excluding steroid dienone is 1. The SMILES string of the molecule is CCOC(=O)[C@H]1CC=C[C@@H]1NC(=O)OC(C)(C)C. The van der Waals surface area contributed by atoms with Gasteiger partial charge in [-0.1, -0.05) is 12.2 Å². The average Bonchev–Trinajstić information content (AvgIpc) is 2.62. The Labute approximate surface area is 108 Å². The van der Waals surface area contributed by atoms with E-state index in [1.165, 1.54) is 0 Å². The molecule has 1 amide bonds. The fourth-order valence-corrected chi connectivity index (χ4v) is 1.74. The summed E-state index contributed by atoms with van der Waals surface area (Å²) in [6.07, 6.45) is 3.72. The summed E-state index contributed by atoms with van der Waals surface area (Å²) >= 11 is 0. The molecule has 0 saturated carbocycles. The van der Waals surface area contributed by atoms with Crippen LogP contribution in [0.15, 0.2) is 12.2 Å². The van der Waals surface area contributed by atoms with Gasteiger partial charge in [0.2, 0.25) is 0 Å². The zero-order valence-electron chi connectivity index (χ0n) is 11.4. The smallest absolute Gasteiger partial charge is 0.408 e. The van der Waals surface area contributed by atoms with Crippen molar-refractivity contribution in [1.82, 2.24) is 5.32 Å². The van der Waals surface area contributed by atoms with Crippen LogP contribution in [0.25, 0.3) is 0 Å². The number of carbonyl (C=O) groups is 2. The van der Waals surface area contributed by atoms with Crippen molar-refractivity contribution >= 4 is 12.1 Å². The minimum atomic E-state index is -0.550. The van der Waals surface area contributed by atoms with Crippen LogP contribution < -0.4 is 5.32 Å². The van der Waals surface area contributed by atoms with Gasteiger partial charge in [0, 0.05) is 0 Å². The highest BCUT2D eigenvalue weighted by molar-refractivity contribution is 5.76. The van der Waals surface area contributed by atoms with E-state index < -0.39 is 11.7 Å². The highest BCUT2D eigenvalue weighted by Crippen LogP contribution is 2.21. The molecule has 0 aliphatic heterocycles. The van der Waals surface area contributed by atoms with Crippen LogP contribution in [-0.2, 0) is 14.3 Å². The molecule has 0 fully saturated rings. The molecule has 1 N–H and O–H groups in total. The van der Waals surface area contributed by atoms with E-state index >= 15 is 0 Å². The molecule has 0 aromatic heterocycles. The van der Waals surface area contributed by atoms with Crippen molar-refractivity contribution in [2.45, 2.75) is 45.8 Å². The number of alkyl carbamates (subject to hydrolysis) is 1. The van der Waals surface area contributed by atoms with Gasteiger partial charge < -0.3 is 14.8 Å². The first-order valence-electron chi connectivity index (χ1n) is 6.16. The number of hydrogen-bond donors (Lipinski definition) is 1. The molecule has 0 spiro atoms. The third-order valence-electron chi connectivity index (χ3n) is 2.44. The summed E-state index contributed by atoms with van der Waals surface area (Å²) in [4.78, 5) is 23.3. The highest BCUT2D eigenvalue weighted by atomic mass is 16.6. The fourth-order valence-electron chi connectivity index (χ4n) is 1.74. The molecule has 0 unspecified atom stereocenters. The standard InChI is InChI=1S/C13H21NO4/c1-5-17-11(15)9-7-6-8-10(9)14-12(16)18-13(2,3)4/h6,8-10H,5,7H2,1-4H3,(H,14,16)/t9-,10-/m0/s1. The lowest BCUT2D eigenvalue weighted by Gasteiger charge is -2.23. The molecule has 0 aromatic rings. The van der Waals surface area contributed by atoms with Crippen LogP contribution in [0.4, 0.5) is 4.79 Å². The van der Waals surface area contributed by atoms with Crippen molar-refractivity contribution < 1.29 is 19.1 Å². The Morgan fingerprint density at radius 1 is 1.39 bits per heavy atom. The lowest BCUT2D eigenvalue weighted by atomic mass is 10.0. The summed E-state index contributed by atoms with van der Waals surface area (Å²) in [6, 6.07) is -0.348. The van der Waals surface area contributed by atoms with Crippen molar-refractivity contribution in [3.8, 4) is 0 Å². The summed E-state index contributed by atoms with van der Waals surface area (Å²) in [7, 11) is 0. The molecule has 0 aromatic carbocycles. The molecule has 5 nitrogen and oxygen atoms in total. The minimum Gasteiger partial charge on any atom is -0.466 e. The average molecular weight is 255 g/mol. The number of ether oxygens (including phenoxy) is 2. The first-order chi connectivity index (χ1) is 8.33. The quantitative estimate of drug-likeness (QED) is 0.619. The molecular formula is C13H21NO4. The van der Waals surface area contributed by atoms with Gasteiger partial charge in [-0.05, 0) is 34.1 Å². The van der Waals surface area contributed by atoms with E-state index in [2.05, 4.69) is 5.32 Å². The lowest BCUT2D eigenvalue weighted by molar-refractivity contribution is -0.148. The van der Waals surface area contributed by atoms with Gasteiger partial charge in [-0.3, -0.25) is 4.79 Å². The Hall–Kier alpha value is -1.52. The molecule has 1 aliphatic carbocycles. The fraction of sp³-hybridized carbons (Fsp3) is 0.692. The first-order valence-corrected chi connectivity index (χ1v) is 6.16. The number of amides is 1. The largest absolute Gasteiger partial charge is 0.466 e. The summed E-state index contributed by atoms with van der Waals surface area (Å²) in [6.45, 7) is 7.48. The molecular weight excluding hydrogens is 234 g/mol. The molecule has 0 heterocycles. The highest BCUT2D eigenvalue weighted by Gasteiger charge is 2.32. The van der Waals surface area contributed by atoms with Crippen LogP contribution in [0.5, 0.6) is 0 Å². The van der Waals surface area contributed by atoms with E-state index in [1.807, 2.05) is 6.08 Å². The van der Waals surface area contributed by atoms with Crippen molar-refractivity contribution in [1.29, 1.82) is 0 Å². The van der Waals surface area contributed by atoms with Crippen LogP contribution in [-0.4, -0.2) is 30.3 Å². The lowest BCUT2D eigenvalue weighted by Crippen LogP contribution is -2.43. The van der Waals surface area contributed by atoms with Crippen molar-refractivity contribution in [3.05, 3.63) is 12.2 Å². The first kappa shape index (κ1) is 14.5. The summed E-state index contributed by atoms with van der Waals surface area (Å²) in [5, 5.41) is 2.68. The number of carbonyl (C=O) groups excluding carboxylic acids is 2. The van der Waals surface area contributed by atoms with Gasteiger partial charge in [0.05, 0.1) is 18.6 Å². The molecule has 2 atom stereocenters.